The van der Waals surface area contributed by atoms with Crippen molar-refractivity contribution in [1.29, 1.82) is 0 Å². The predicted molar refractivity (Wildman–Crippen MR) is 73.7 cm³/mol. The van der Waals surface area contributed by atoms with Gasteiger partial charge in [0.2, 0.25) is 0 Å². The second-order valence-electron chi connectivity index (χ2n) is 3.72. The first kappa shape index (κ1) is 14.1. The third-order valence-corrected chi connectivity index (χ3v) is 4.07. The summed E-state index contributed by atoms with van der Waals surface area (Å²) in [5, 5.41) is 0.619. The molecule has 0 unspecified atom stereocenters. The van der Waals surface area contributed by atoms with Crippen molar-refractivity contribution in [3.8, 4) is 0 Å². The highest BCUT2D eigenvalue weighted by Crippen LogP contribution is 2.24. The highest BCUT2D eigenvalue weighted by molar-refractivity contribution is 7.92. The molecule has 0 aromatic heterocycles. The van der Waals surface area contributed by atoms with Gasteiger partial charge in [0.05, 0.1) is 10.6 Å². The lowest BCUT2D eigenvalue weighted by Gasteiger charge is -2.08. The van der Waals surface area contributed by atoms with Crippen molar-refractivity contribution in [2.24, 2.45) is 0 Å². The number of halogens is 3. The molecule has 0 atom stereocenters. The Morgan fingerprint density at radius 2 is 1.47 bits per heavy atom. The largest absolute Gasteiger partial charge is 0.280 e. The molecule has 2 aromatic rings. The number of anilines is 1. The molecule has 2 aromatic carbocycles. The van der Waals surface area contributed by atoms with Gasteiger partial charge in [-0.05, 0) is 42.5 Å². The number of benzene rings is 2. The van der Waals surface area contributed by atoms with E-state index in [1.165, 1.54) is 30.3 Å². The van der Waals surface area contributed by atoms with E-state index < -0.39 is 15.8 Å². The summed E-state index contributed by atoms with van der Waals surface area (Å²) in [5.74, 6) is -0.509. The van der Waals surface area contributed by atoms with Crippen LogP contribution in [0.3, 0.4) is 0 Å². The van der Waals surface area contributed by atoms with Crippen LogP contribution in [0.1, 0.15) is 0 Å². The first-order valence-electron chi connectivity index (χ1n) is 5.11. The van der Waals surface area contributed by atoms with E-state index in [9.17, 15) is 12.8 Å². The van der Waals surface area contributed by atoms with Crippen molar-refractivity contribution in [3.63, 3.8) is 0 Å². The Balaban J connectivity index is 2.33. The van der Waals surface area contributed by atoms with Crippen molar-refractivity contribution in [2.45, 2.75) is 4.90 Å². The van der Waals surface area contributed by atoms with Crippen LogP contribution in [-0.2, 0) is 10.0 Å². The van der Waals surface area contributed by atoms with Gasteiger partial charge in [-0.25, -0.2) is 12.8 Å². The molecule has 0 radical (unpaired) electrons. The zero-order valence-corrected chi connectivity index (χ0v) is 11.7. The third-order valence-electron chi connectivity index (χ3n) is 2.24. The minimum absolute atomic E-state index is 0.0509. The van der Waals surface area contributed by atoms with E-state index in [4.69, 9.17) is 23.2 Å². The van der Waals surface area contributed by atoms with Crippen LogP contribution in [0.4, 0.5) is 10.1 Å². The lowest BCUT2D eigenvalue weighted by atomic mass is 10.3. The van der Waals surface area contributed by atoms with Gasteiger partial charge in [-0.3, -0.25) is 4.72 Å². The van der Waals surface area contributed by atoms with Gasteiger partial charge in [-0.1, -0.05) is 23.2 Å². The lowest BCUT2D eigenvalue weighted by molar-refractivity contribution is 0.599. The molecule has 100 valence electrons. The van der Waals surface area contributed by atoms with Gasteiger partial charge in [0.15, 0.2) is 0 Å². The number of rotatable bonds is 3. The van der Waals surface area contributed by atoms with Crippen LogP contribution in [0.2, 0.25) is 10.0 Å². The van der Waals surface area contributed by atoms with Crippen molar-refractivity contribution in [1.82, 2.24) is 0 Å². The first-order chi connectivity index (χ1) is 8.87. The number of hydrogen-bond donors (Lipinski definition) is 1. The van der Waals surface area contributed by atoms with Gasteiger partial charge >= 0.3 is 0 Å². The van der Waals surface area contributed by atoms with E-state index in [0.717, 1.165) is 12.1 Å². The van der Waals surface area contributed by atoms with Crippen molar-refractivity contribution in [3.05, 3.63) is 58.3 Å². The molecule has 19 heavy (non-hydrogen) atoms. The van der Waals surface area contributed by atoms with E-state index >= 15 is 0 Å². The molecule has 0 heterocycles. The standard InChI is InChI=1S/C12H8Cl2FNO2S/c13-8-5-9(14)7-11(6-8)16-19(17,18)12-3-1-10(15)2-4-12/h1-7,16H. The van der Waals surface area contributed by atoms with Crippen LogP contribution < -0.4 is 4.72 Å². The molecule has 0 amide bonds. The molecular weight excluding hydrogens is 312 g/mol. The fourth-order valence-electron chi connectivity index (χ4n) is 1.44. The summed E-state index contributed by atoms with van der Waals surface area (Å²) >= 11 is 11.6. The molecular formula is C12H8Cl2FNO2S. The maximum Gasteiger partial charge on any atom is 0.261 e. The van der Waals surface area contributed by atoms with Crippen LogP contribution in [-0.4, -0.2) is 8.42 Å². The van der Waals surface area contributed by atoms with Crippen LogP contribution in [0, 0.1) is 5.82 Å². The maximum absolute atomic E-state index is 12.8. The molecule has 7 heteroatoms. The summed E-state index contributed by atoms with van der Waals surface area (Å²) in [6, 6.07) is 8.81. The van der Waals surface area contributed by atoms with E-state index in [2.05, 4.69) is 4.72 Å². The topological polar surface area (TPSA) is 46.2 Å². The predicted octanol–water partition coefficient (Wildman–Crippen LogP) is 3.93. The van der Waals surface area contributed by atoms with Gasteiger partial charge in [0, 0.05) is 10.0 Å². The second-order valence-corrected chi connectivity index (χ2v) is 6.27. The minimum atomic E-state index is -3.80. The molecule has 0 spiro atoms. The maximum atomic E-state index is 12.8. The Kier molecular flexibility index (Phi) is 3.99. The minimum Gasteiger partial charge on any atom is -0.280 e. The SMILES string of the molecule is O=S(=O)(Nc1cc(Cl)cc(Cl)c1)c1ccc(F)cc1. The second kappa shape index (κ2) is 5.36. The molecule has 0 saturated carbocycles. The molecule has 2 rings (SSSR count). The van der Waals surface area contributed by atoms with Gasteiger partial charge in [0.25, 0.3) is 10.0 Å². The highest BCUT2D eigenvalue weighted by Gasteiger charge is 2.14. The Labute approximate surface area is 120 Å². The van der Waals surface area contributed by atoms with Crippen LogP contribution in [0.25, 0.3) is 0 Å². The smallest absolute Gasteiger partial charge is 0.261 e. The molecule has 0 aliphatic carbocycles. The van der Waals surface area contributed by atoms with Gasteiger partial charge in [-0.15, -0.1) is 0 Å². The summed E-state index contributed by atoms with van der Waals surface area (Å²) in [6.07, 6.45) is 0. The van der Waals surface area contributed by atoms with Crippen LogP contribution in [0.5, 0.6) is 0 Å². The highest BCUT2D eigenvalue weighted by atomic mass is 35.5. The zero-order chi connectivity index (χ0) is 14.0. The molecule has 0 aliphatic rings. The summed E-state index contributed by atoms with van der Waals surface area (Å²) < 4.78 is 39.1. The monoisotopic (exact) mass is 319 g/mol. The fourth-order valence-corrected chi connectivity index (χ4v) is 3.01. The number of hydrogen-bond acceptors (Lipinski definition) is 2. The Morgan fingerprint density at radius 1 is 0.947 bits per heavy atom. The normalized spacial score (nSPS) is 11.3. The van der Waals surface area contributed by atoms with Crippen molar-refractivity contribution >= 4 is 38.9 Å². The van der Waals surface area contributed by atoms with Gasteiger partial charge in [-0.2, -0.15) is 0 Å². The van der Waals surface area contributed by atoms with Crippen molar-refractivity contribution in [2.75, 3.05) is 4.72 Å². The quantitative estimate of drug-likeness (QED) is 0.931. The summed E-state index contributed by atoms with van der Waals surface area (Å²) in [5.41, 5.74) is 0.238. The van der Waals surface area contributed by atoms with Crippen LogP contribution in [0.15, 0.2) is 47.4 Å². The Hall–Kier alpha value is -1.30. The Bertz CT molecular complexity index is 682. The van der Waals surface area contributed by atoms with E-state index in [-0.39, 0.29) is 10.6 Å². The summed E-state index contributed by atoms with van der Waals surface area (Å²) in [7, 11) is -3.80. The molecule has 0 saturated heterocycles. The van der Waals surface area contributed by atoms with Gasteiger partial charge in [0.1, 0.15) is 5.82 Å². The summed E-state index contributed by atoms with van der Waals surface area (Å²) in [4.78, 5) is -0.0509. The van der Waals surface area contributed by atoms with E-state index in [1.54, 1.807) is 0 Å². The third kappa shape index (κ3) is 3.59. The molecule has 0 fully saturated rings. The molecule has 1 N–H and O–H groups in total. The summed E-state index contributed by atoms with van der Waals surface area (Å²) in [6.45, 7) is 0. The molecule has 0 bridgehead atoms. The molecule has 3 nitrogen and oxygen atoms in total. The Morgan fingerprint density at radius 3 is 2.00 bits per heavy atom. The first-order valence-corrected chi connectivity index (χ1v) is 7.35. The molecule has 0 aliphatic heterocycles. The van der Waals surface area contributed by atoms with Crippen molar-refractivity contribution < 1.29 is 12.8 Å². The van der Waals surface area contributed by atoms with E-state index in [1.807, 2.05) is 0 Å². The van der Waals surface area contributed by atoms with E-state index in [0.29, 0.717) is 10.0 Å². The van der Waals surface area contributed by atoms with Crippen LogP contribution >= 0.6 is 23.2 Å². The number of sulfonamides is 1. The zero-order valence-electron chi connectivity index (χ0n) is 9.40. The number of nitrogens with one attached hydrogen (secondary N) is 1. The lowest BCUT2D eigenvalue weighted by Crippen LogP contribution is -2.12. The van der Waals surface area contributed by atoms with Gasteiger partial charge < -0.3 is 0 Å². The average Bonchev–Trinajstić information content (AvgIpc) is 2.27. The fraction of sp³-hybridized carbons (Fsp3) is 0. The average molecular weight is 320 g/mol.